The van der Waals surface area contributed by atoms with Crippen molar-refractivity contribution in [2.45, 2.75) is 25.3 Å². The second-order valence-corrected chi connectivity index (χ2v) is 3.58. The molecule has 0 aromatic heterocycles. The van der Waals surface area contributed by atoms with Gasteiger partial charge in [-0.2, -0.15) is 0 Å². The third kappa shape index (κ3) is 1.03. The highest BCUT2D eigenvalue weighted by Gasteiger charge is 2.42. The van der Waals surface area contributed by atoms with Crippen LogP contribution in [0.15, 0.2) is 0 Å². The fraction of sp³-hybridized carbons (Fsp3) is 0.875. The average molecular weight is 155 g/mol. The van der Waals surface area contributed by atoms with Gasteiger partial charge in [-0.1, -0.05) is 6.42 Å². The van der Waals surface area contributed by atoms with Crippen LogP contribution in [-0.4, -0.2) is 23.7 Å². The molecule has 1 aliphatic heterocycles. The molecule has 3 heteroatoms. The van der Waals surface area contributed by atoms with Crippen LogP contribution >= 0.6 is 0 Å². The van der Waals surface area contributed by atoms with E-state index in [4.69, 9.17) is 5.11 Å². The van der Waals surface area contributed by atoms with E-state index >= 15 is 0 Å². The van der Waals surface area contributed by atoms with Crippen LogP contribution in [-0.2, 0) is 4.79 Å². The van der Waals surface area contributed by atoms with E-state index in [2.05, 4.69) is 5.32 Å². The van der Waals surface area contributed by atoms with Gasteiger partial charge in [0, 0.05) is 0 Å². The van der Waals surface area contributed by atoms with E-state index in [0.29, 0.717) is 11.8 Å². The molecule has 2 rings (SSSR count). The van der Waals surface area contributed by atoms with Crippen molar-refractivity contribution in [3.8, 4) is 0 Å². The molecule has 0 spiro atoms. The molecule has 2 fully saturated rings. The van der Waals surface area contributed by atoms with Gasteiger partial charge in [0.1, 0.15) is 6.04 Å². The molecule has 0 aromatic rings. The minimum Gasteiger partial charge on any atom is -0.480 e. The van der Waals surface area contributed by atoms with Gasteiger partial charge in [-0.05, 0) is 31.2 Å². The van der Waals surface area contributed by atoms with Gasteiger partial charge in [-0.15, -0.1) is 0 Å². The van der Waals surface area contributed by atoms with E-state index in [-0.39, 0.29) is 6.04 Å². The van der Waals surface area contributed by atoms with Crippen molar-refractivity contribution < 1.29 is 9.90 Å². The normalized spacial score (nSPS) is 42.4. The Bertz CT molecular complexity index is 181. The molecule has 62 valence electrons. The highest BCUT2D eigenvalue weighted by Crippen LogP contribution is 2.37. The van der Waals surface area contributed by atoms with Gasteiger partial charge in [0.15, 0.2) is 0 Å². The molecule has 0 bridgehead atoms. The van der Waals surface area contributed by atoms with Crippen LogP contribution in [0.3, 0.4) is 0 Å². The number of carboxylic acids is 1. The third-order valence-electron chi connectivity index (χ3n) is 3.01. The predicted molar refractivity (Wildman–Crippen MR) is 40.3 cm³/mol. The quantitative estimate of drug-likeness (QED) is 0.578. The van der Waals surface area contributed by atoms with E-state index in [0.717, 1.165) is 13.0 Å². The number of aliphatic carboxylic acids is 1. The Kier molecular flexibility index (Phi) is 1.60. The molecular weight excluding hydrogens is 142 g/mol. The van der Waals surface area contributed by atoms with Crippen LogP contribution in [0, 0.1) is 11.8 Å². The van der Waals surface area contributed by atoms with E-state index in [1.54, 1.807) is 0 Å². The summed E-state index contributed by atoms with van der Waals surface area (Å²) in [6, 6.07) is -0.248. The lowest BCUT2D eigenvalue weighted by molar-refractivity contribution is -0.140. The minimum atomic E-state index is -0.667. The van der Waals surface area contributed by atoms with E-state index in [9.17, 15) is 4.79 Å². The summed E-state index contributed by atoms with van der Waals surface area (Å²) < 4.78 is 0. The summed E-state index contributed by atoms with van der Waals surface area (Å²) in [5.74, 6) is 0.406. The van der Waals surface area contributed by atoms with Crippen LogP contribution in [0.4, 0.5) is 0 Å². The first-order valence-electron chi connectivity index (χ1n) is 4.25. The number of carboxylic acid groups (broad SMARTS) is 1. The van der Waals surface area contributed by atoms with Gasteiger partial charge in [0.25, 0.3) is 0 Å². The number of hydrogen-bond donors (Lipinski definition) is 2. The lowest BCUT2D eigenvalue weighted by Gasteiger charge is -2.12. The Morgan fingerprint density at radius 1 is 1.45 bits per heavy atom. The lowest BCUT2D eigenvalue weighted by atomic mass is 9.94. The third-order valence-corrected chi connectivity index (χ3v) is 3.01. The van der Waals surface area contributed by atoms with Crippen LogP contribution in [0.1, 0.15) is 19.3 Å². The summed E-state index contributed by atoms with van der Waals surface area (Å²) in [6.07, 6.45) is 3.55. The number of nitrogens with one attached hydrogen (secondary N) is 1. The molecule has 0 unspecified atom stereocenters. The molecule has 3 nitrogen and oxygen atoms in total. The molecule has 2 aliphatic rings. The Hall–Kier alpha value is -0.570. The second kappa shape index (κ2) is 2.48. The maximum Gasteiger partial charge on any atom is 0.320 e. The number of rotatable bonds is 1. The highest BCUT2D eigenvalue weighted by molar-refractivity contribution is 5.74. The van der Waals surface area contributed by atoms with Crippen molar-refractivity contribution in [3.05, 3.63) is 0 Å². The fourth-order valence-corrected chi connectivity index (χ4v) is 2.46. The molecule has 1 saturated heterocycles. The van der Waals surface area contributed by atoms with Gasteiger partial charge in [-0.3, -0.25) is 4.79 Å². The first-order chi connectivity index (χ1) is 5.29. The maximum atomic E-state index is 10.7. The van der Waals surface area contributed by atoms with Crippen LogP contribution in [0.2, 0.25) is 0 Å². The first kappa shape index (κ1) is 7.10. The van der Waals surface area contributed by atoms with Gasteiger partial charge in [0.05, 0.1) is 0 Å². The molecule has 0 amide bonds. The summed E-state index contributed by atoms with van der Waals surface area (Å²) in [6.45, 7) is 0.918. The van der Waals surface area contributed by atoms with Crippen molar-refractivity contribution in [1.82, 2.24) is 5.32 Å². The van der Waals surface area contributed by atoms with Crippen molar-refractivity contribution in [1.29, 1.82) is 0 Å². The van der Waals surface area contributed by atoms with Crippen LogP contribution in [0.5, 0.6) is 0 Å². The molecule has 11 heavy (non-hydrogen) atoms. The second-order valence-electron chi connectivity index (χ2n) is 3.58. The Morgan fingerprint density at radius 2 is 2.27 bits per heavy atom. The summed E-state index contributed by atoms with van der Waals surface area (Å²) >= 11 is 0. The van der Waals surface area contributed by atoms with Crippen molar-refractivity contribution >= 4 is 5.97 Å². The van der Waals surface area contributed by atoms with Crippen molar-refractivity contribution in [2.75, 3.05) is 6.54 Å². The zero-order valence-electron chi connectivity index (χ0n) is 6.42. The van der Waals surface area contributed by atoms with Gasteiger partial charge < -0.3 is 10.4 Å². The Morgan fingerprint density at radius 3 is 3.00 bits per heavy atom. The summed E-state index contributed by atoms with van der Waals surface area (Å²) in [5.41, 5.74) is 0. The zero-order chi connectivity index (χ0) is 7.84. The summed E-state index contributed by atoms with van der Waals surface area (Å²) in [4.78, 5) is 10.7. The standard InChI is InChI=1S/C8H13NO2/c10-8(11)7-6-3-1-2-5(6)4-9-7/h5-7,9H,1-4H2,(H,10,11)/t5-,6+,7+/m1/s1. The average Bonchev–Trinajstić information content (AvgIpc) is 2.41. The SMILES string of the molecule is O=C(O)[C@H]1NC[C@H]2CCC[C@@H]21. The first-order valence-corrected chi connectivity index (χ1v) is 4.25. The topological polar surface area (TPSA) is 49.3 Å². The van der Waals surface area contributed by atoms with Crippen LogP contribution < -0.4 is 5.32 Å². The molecule has 0 aromatic carbocycles. The van der Waals surface area contributed by atoms with Gasteiger partial charge in [0.2, 0.25) is 0 Å². The number of fused-ring (bicyclic) bond motifs is 1. The number of carbonyl (C=O) groups is 1. The lowest BCUT2D eigenvalue weighted by Crippen LogP contribution is -2.35. The zero-order valence-corrected chi connectivity index (χ0v) is 6.42. The molecule has 2 N–H and O–H groups in total. The number of hydrogen-bond acceptors (Lipinski definition) is 2. The highest BCUT2D eigenvalue weighted by atomic mass is 16.4. The van der Waals surface area contributed by atoms with Gasteiger partial charge in [-0.25, -0.2) is 0 Å². The largest absolute Gasteiger partial charge is 0.480 e. The van der Waals surface area contributed by atoms with E-state index in [1.165, 1.54) is 12.8 Å². The maximum absolute atomic E-state index is 10.7. The molecule has 1 heterocycles. The molecule has 0 radical (unpaired) electrons. The summed E-state index contributed by atoms with van der Waals surface area (Å²) in [7, 11) is 0. The molecule has 3 atom stereocenters. The van der Waals surface area contributed by atoms with E-state index in [1.807, 2.05) is 0 Å². The summed E-state index contributed by atoms with van der Waals surface area (Å²) in [5, 5.41) is 11.9. The van der Waals surface area contributed by atoms with E-state index < -0.39 is 5.97 Å². The predicted octanol–water partition coefficient (Wildman–Crippen LogP) is 0.459. The molecular formula is C8H13NO2. The minimum absolute atomic E-state index is 0.248. The molecule has 1 aliphatic carbocycles. The monoisotopic (exact) mass is 155 g/mol. The fourth-order valence-electron chi connectivity index (χ4n) is 2.46. The molecule has 1 saturated carbocycles. The van der Waals surface area contributed by atoms with Crippen LogP contribution in [0.25, 0.3) is 0 Å². The van der Waals surface area contributed by atoms with Crippen molar-refractivity contribution in [3.63, 3.8) is 0 Å². The smallest absolute Gasteiger partial charge is 0.320 e. The Labute approximate surface area is 65.8 Å². The Balaban J connectivity index is 2.08. The van der Waals surface area contributed by atoms with Gasteiger partial charge >= 0.3 is 5.97 Å². The van der Waals surface area contributed by atoms with Crippen molar-refractivity contribution in [2.24, 2.45) is 11.8 Å².